The number of likely N-dealkylation sites (N-methyl/N-ethyl adjacent to an activating group) is 1. The average Bonchev–Trinajstić information content (AvgIpc) is 3.25. The van der Waals surface area contributed by atoms with Crippen molar-refractivity contribution in [3.05, 3.63) is 70.9 Å². The van der Waals surface area contributed by atoms with E-state index < -0.39 is 0 Å². The molecule has 0 radical (unpaired) electrons. The highest BCUT2D eigenvalue weighted by atomic mass is 16.2. The highest BCUT2D eigenvalue weighted by molar-refractivity contribution is 5.98. The monoisotopic (exact) mass is 361 g/mol. The molecule has 0 spiro atoms. The Bertz CT molecular complexity index is 971. The molecule has 1 fully saturated rings. The molecule has 0 saturated carbocycles. The van der Waals surface area contributed by atoms with Gasteiger partial charge in [-0.05, 0) is 51.7 Å². The molecular weight excluding hydrogens is 334 g/mol. The van der Waals surface area contributed by atoms with Crippen molar-refractivity contribution in [1.29, 1.82) is 0 Å². The van der Waals surface area contributed by atoms with Crippen LogP contribution >= 0.6 is 0 Å². The first-order valence-corrected chi connectivity index (χ1v) is 9.54. The number of nitrogens with one attached hydrogen (secondary N) is 1. The number of rotatable bonds is 3. The molecule has 1 amide bonds. The van der Waals surface area contributed by atoms with Gasteiger partial charge in [0.2, 0.25) is 0 Å². The van der Waals surface area contributed by atoms with Crippen LogP contribution in [0.5, 0.6) is 0 Å². The summed E-state index contributed by atoms with van der Waals surface area (Å²) in [6.45, 7) is 5.68. The number of nitrogens with zero attached hydrogens (tertiary/aromatic N) is 2. The van der Waals surface area contributed by atoms with Gasteiger partial charge in [-0.25, -0.2) is 0 Å². The number of fused-ring (bicyclic) bond motifs is 1. The Morgan fingerprint density at radius 1 is 1.00 bits per heavy atom. The van der Waals surface area contributed by atoms with Crippen molar-refractivity contribution in [2.45, 2.75) is 25.8 Å². The van der Waals surface area contributed by atoms with Gasteiger partial charge in [0.15, 0.2) is 0 Å². The summed E-state index contributed by atoms with van der Waals surface area (Å²) in [7, 11) is 4.21. The lowest BCUT2D eigenvalue weighted by atomic mass is 9.93. The molecule has 1 aromatic heterocycles. The highest BCUT2D eigenvalue weighted by Crippen LogP contribution is 2.31. The lowest BCUT2D eigenvalue weighted by Crippen LogP contribution is -2.35. The van der Waals surface area contributed by atoms with E-state index >= 15 is 0 Å². The highest BCUT2D eigenvalue weighted by Gasteiger charge is 2.37. The number of aryl methyl sites for hydroxylation is 2. The Morgan fingerprint density at radius 3 is 2.41 bits per heavy atom. The third-order valence-corrected chi connectivity index (χ3v) is 5.75. The fourth-order valence-corrected chi connectivity index (χ4v) is 4.15. The second-order valence-electron chi connectivity index (χ2n) is 8.03. The minimum absolute atomic E-state index is 0.0883. The molecule has 1 N–H and O–H groups in total. The van der Waals surface area contributed by atoms with Crippen LogP contribution in [0.3, 0.4) is 0 Å². The predicted octanol–water partition coefficient (Wildman–Crippen LogP) is 3.95. The molecule has 2 heterocycles. The largest absolute Gasteiger partial charge is 0.351 e. The molecule has 1 aliphatic rings. The Hall–Kier alpha value is -2.59. The van der Waals surface area contributed by atoms with Crippen LogP contribution in [0.15, 0.2) is 48.5 Å². The smallest absolute Gasteiger partial charge is 0.270 e. The summed E-state index contributed by atoms with van der Waals surface area (Å²) < 4.78 is 0. The average molecular weight is 361 g/mol. The van der Waals surface area contributed by atoms with E-state index in [-0.39, 0.29) is 5.91 Å². The second kappa shape index (κ2) is 6.86. The van der Waals surface area contributed by atoms with E-state index in [0.717, 1.165) is 24.0 Å². The second-order valence-corrected chi connectivity index (χ2v) is 8.03. The van der Waals surface area contributed by atoms with E-state index in [4.69, 9.17) is 0 Å². The standard InChI is InChI=1S/C23H27N3O/c1-15-5-8-17(9-6-15)19-13-26(14-22(19)25(3)4)23(27)21-12-18-11-16(2)7-10-20(18)24-21/h5-12,19,22,24H,13-14H2,1-4H3. The first-order valence-electron chi connectivity index (χ1n) is 9.54. The normalized spacial score (nSPS) is 20.0. The van der Waals surface area contributed by atoms with Gasteiger partial charge in [-0.3, -0.25) is 4.79 Å². The summed E-state index contributed by atoms with van der Waals surface area (Å²) in [5.41, 5.74) is 5.47. The predicted molar refractivity (Wildman–Crippen MR) is 110 cm³/mol. The van der Waals surface area contributed by atoms with E-state index in [1.54, 1.807) is 0 Å². The fourth-order valence-electron chi connectivity index (χ4n) is 4.15. The molecule has 0 bridgehead atoms. The van der Waals surface area contributed by atoms with Crippen LogP contribution in [0.4, 0.5) is 0 Å². The minimum atomic E-state index is 0.0883. The van der Waals surface area contributed by atoms with Crippen molar-refractivity contribution in [3.8, 4) is 0 Å². The topological polar surface area (TPSA) is 39.3 Å². The van der Waals surface area contributed by atoms with E-state index in [1.165, 1.54) is 16.7 Å². The van der Waals surface area contributed by atoms with Crippen LogP contribution < -0.4 is 0 Å². The first kappa shape index (κ1) is 17.8. The van der Waals surface area contributed by atoms with Gasteiger partial charge in [-0.1, -0.05) is 41.5 Å². The van der Waals surface area contributed by atoms with Crippen molar-refractivity contribution in [3.63, 3.8) is 0 Å². The van der Waals surface area contributed by atoms with Crippen molar-refractivity contribution in [2.75, 3.05) is 27.2 Å². The zero-order valence-corrected chi connectivity index (χ0v) is 16.5. The lowest BCUT2D eigenvalue weighted by Gasteiger charge is -2.25. The Labute approximate surface area is 160 Å². The summed E-state index contributed by atoms with van der Waals surface area (Å²) in [4.78, 5) is 20.7. The Kier molecular flexibility index (Phi) is 4.52. The summed E-state index contributed by atoms with van der Waals surface area (Å²) in [6, 6.07) is 17.3. The van der Waals surface area contributed by atoms with Gasteiger partial charge in [0.1, 0.15) is 5.69 Å². The number of benzene rings is 2. The molecule has 0 aliphatic carbocycles. The van der Waals surface area contributed by atoms with Crippen molar-refractivity contribution >= 4 is 16.8 Å². The van der Waals surface area contributed by atoms with Gasteiger partial charge < -0.3 is 14.8 Å². The number of hydrogen-bond acceptors (Lipinski definition) is 2. The number of likely N-dealkylation sites (tertiary alicyclic amines) is 1. The van der Waals surface area contributed by atoms with Crippen LogP contribution in [0, 0.1) is 13.8 Å². The van der Waals surface area contributed by atoms with Crippen LogP contribution in [0.25, 0.3) is 10.9 Å². The number of hydrogen-bond donors (Lipinski definition) is 1. The summed E-state index contributed by atoms with van der Waals surface area (Å²) >= 11 is 0. The lowest BCUT2D eigenvalue weighted by molar-refractivity contribution is 0.0777. The van der Waals surface area contributed by atoms with Gasteiger partial charge in [0, 0.05) is 36.0 Å². The van der Waals surface area contributed by atoms with Crippen molar-refractivity contribution < 1.29 is 4.79 Å². The maximum Gasteiger partial charge on any atom is 0.270 e. The molecule has 2 unspecified atom stereocenters. The summed E-state index contributed by atoms with van der Waals surface area (Å²) in [5, 5.41) is 1.09. The van der Waals surface area contributed by atoms with Crippen LogP contribution in [-0.4, -0.2) is 53.9 Å². The maximum absolute atomic E-state index is 13.2. The molecule has 1 aliphatic heterocycles. The minimum Gasteiger partial charge on any atom is -0.351 e. The van der Waals surface area contributed by atoms with Gasteiger partial charge in [0.05, 0.1) is 0 Å². The van der Waals surface area contributed by atoms with E-state index in [9.17, 15) is 4.79 Å². The molecule has 4 rings (SSSR count). The zero-order chi connectivity index (χ0) is 19.1. The fraction of sp³-hybridized carbons (Fsp3) is 0.348. The van der Waals surface area contributed by atoms with Gasteiger partial charge in [-0.15, -0.1) is 0 Å². The molecule has 1 saturated heterocycles. The first-order chi connectivity index (χ1) is 12.9. The third kappa shape index (κ3) is 3.37. The van der Waals surface area contributed by atoms with Crippen LogP contribution in [0.2, 0.25) is 0 Å². The molecule has 3 aromatic rings. The number of carbonyl (C=O) groups is 1. The van der Waals surface area contributed by atoms with Crippen LogP contribution in [0.1, 0.15) is 33.1 Å². The number of carbonyl (C=O) groups excluding carboxylic acids is 1. The SMILES string of the molecule is Cc1ccc(C2CN(C(=O)c3cc4cc(C)ccc4[nH]3)CC2N(C)C)cc1. The van der Waals surface area contributed by atoms with E-state index in [1.807, 2.05) is 17.0 Å². The quantitative estimate of drug-likeness (QED) is 0.767. The number of aromatic nitrogens is 1. The van der Waals surface area contributed by atoms with E-state index in [0.29, 0.717) is 17.7 Å². The summed E-state index contributed by atoms with van der Waals surface area (Å²) in [6.07, 6.45) is 0. The molecular formula is C23H27N3O. The maximum atomic E-state index is 13.2. The number of amides is 1. The molecule has 2 aromatic carbocycles. The molecule has 140 valence electrons. The summed E-state index contributed by atoms with van der Waals surface area (Å²) in [5.74, 6) is 0.418. The Morgan fingerprint density at radius 2 is 1.70 bits per heavy atom. The van der Waals surface area contributed by atoms with E-state index in [2.05, 4.69) is 74.2 Å². The number of aromatic amines is 1. The van der Waals surface area contributed by atoms with Crippen LogP contribution in [-0.2, 0) is 0 Å². The van der Waals surface area contributed by atoms with Crippen molar-refractivity contribution in [2.24, 2.45) is 0 Å². The molecule has 2 atom stereocenters. The number of H-pyrrole nitrogens is 1. The van der Waals surface area contributed by atoms with Gasteiger partial charge >= 0.3 is 0 Å². The molecule has 4 nitrogen and oxygen atoms in total. The molecule has 4 heteroatoms. The third-order valence-electron chi connectivity index (χ3n) is 5.75. The molecule has 27 heavy (non-hydrogen) atoms. The van der Waals surface area contributed by atoms with Gasteiger partial charge in [0.25, 0.3) is 5.91 Å². The van der Waals surface area contributed by atoms with Gasteiger partial charge in [-0.2, -0.15) is 0 Å². The zero-order valence-electron chi connectivity index (χ0n) is 16.5. The Balaban J connectivity index is 1.61. The van der Waals surface area contributed by atoms with Crippen molar-refractivity contribution in [1.82, 2.24) is 14.8 Å².